The molecule has 1 aliphatic heterocycles. The lowest BCUT2D eigenvalue weighted by atomic mass is 10.2. The van der Waals surface area contributed by atoms with Crippen LogP contribution in [0.25, 0.3) is 0 Å². The number of nitrogens with zero attached hydrogens (tertiary/aromatic N) is 2. The van der Waals surface area contributed by atoms with E-state index in [1.807, 2.05) is 6.07 Å². The fourth-order valence-corrected chi connectivity index (χ4v) is 1.48. The molecule has 0 amide bonds. The van der Waals surface area contributed by atoms with Crippen LogP contribution in [0.4, 0.5) is 4.39 Å². The SMILES string of the molecule is CC1=C(F)C(c2ccc(Br)cn2)=NC1. The van der Waals surface area contributed by atoms with E-state index in [9.17, 15) is 4.39 Å². The number of hydrogen-bond acceptors (Lipinski definition) is 2. The summed E-state index contributed by atoms with van der Waals surface area (Å²) in [5.74, 6) is -0.236. The van der Waals surface area contributed by atoms with E-state index >= 15 is 0 Å². The molecule has 14 heavy (non-hydrogen) atoms. The number of rotatable bonds is 1. The van der Waals surface area contributed by atoms with Gasteiger partial charge < -0.3 is 0 Å². The van der Waals surface area contributed by atoms with Crippen molar-refractivity contribution >= 4 is 21.6 Å². The Labute approximate surface area is 89.7 Å². The van der Waals surface area contributed by atoms with Crippen molar-refractivity contribution in [3.8, 4) is 0 Å². The van der Waals surface area contributed by atoms with E-state index in [2.05, 4.69) is 25.9 Å². The molecule has 2 nitrogen and oxygen atoms in total. The van der Waals surface area contributed by atoms with Crippen LogP contribution in [-0.2, 0) is 0 Å². The molecule has 1 aliphatic rings. The summed E-state index contributed by atoms with van der Waals surface area (Å²) >= 11 is 3.27. The summed E-state index contributed by atoms with van der Waals surface area (Å²) in [5.41, 5.74) is 1.63. The number of aromatic nitrogens is 1. The van der Waals surface area contributed by atoms with Gasteiger partial charge in [-0.3, -0.25) is 9.98 Å². The van der Waals surface area contributed by atoms with E-state index in [4.69, 9.17) is 0 Å². The van der Waals surface area contributed by atoms with Gasteiger partial charge in [0.2, 0.25) is 0 Å². The monoisotopic (exact) mass is 254 g/mol. The van der Waals surface area contributed by atoms with Crippen LogP contribution in [0.2, 0.25) is 0 Å². The summed E-state index contributed by atoms with van der Waals surface area (Å²) in [4.78, 5) is 8.18. The third-order valence-electron chi connectivity index (χ3n) is 2.03. The van der Waals surface area contributed by atoms with Crippen LogP contribution in [0.5, 0.6) is 0 Å². The quantitative estimate of drug-likeness (QED) is 0.757. The molecule has 0 saturated carbocycles. The molecule has 0 N–H and O–H groups in total. The molecule has 0 aliphatic carbocycles. The highest BCUT2D eigenvalue weighted by Gasteiger charge is 2.18. The number of pyridine rings is 1. The van der Waals surface area contributed by atoms with Crippen LogP contribution in [0.15, 0.2) is 39.2 Å². The maximum Gasteiger partial charge on any atom is 0.151 e. The van der Waals surface area contributed by atoms with Crippen molar-refractivity contribution < 1.29 is 4.39 Å². The molecule has 0 saturated heterocycles. The number of aliphatic imine (C=N–C) groups is 1. The summed E-state index contributed by atoms with van der Waals surface area (Å²) in [6, 6.07) is 3.58. The Morgan fingerprint density at radius 2 is 2.21 bits per heavy atom. The molecule has 2 heterocycles. The zero-order valence-corrected chi connectivity index (χ0v) is 9.18. The van der Waals surface area contributed by atoms with E-state index in [0.29, 0.717) is 23.5 Å². The van der Waals surface area contributed by atoms with Crippen molar-refractivity contribution in [2.45, 2.75) is 6.92 Å². The minimum absolute atomic E-state index is 0.236. The molecule has 0 atom stereocenters. The number of hydrogen-bond donors (Lipinski definition) is 0. The maximum atomic E-state index is 13.5. The normalized spacial score (nSPS) is 16.1. The Bertz CT molecular complexity index is 420. The molecule has 0 unspecified atom stereocenters. The van der Waals surface area contributed by atoms with Crippen molar-refractivity contribution in [3.05, 3.63) is 39.9 Å². The molecule has 0 fully saturated rings. The second-order valence-corrected chi connectivity index (χ2v) is 4.04. The highest BCUT2D eigenvalue weighted by Crippen LogP contribution is 2.20. The fraction of sp³-hybridized carbons (Fsp3) is 0.200. The standard InChI is InChI=1S/C10H8BrFN2/c1-6-4-14-10(9(6)12)8-3-2-7(11)5-13-8/h2-3,5H,4H2,1H3. The van der Waals surface area contributed by atoms with Crippen LogP contribution in [0, 0.1) is 0 Å². The Hall–Kier alpha value is -1.03. The first kappa shape index (κ1) is 9.52. The lowest BCUT2D eigenvalue weighted by molar-refractivity contribution is 0.674. The van der Waals surface area contributed by atoms with Gasteiger partial charge in [-0.25, -0.2) is 4.39 Å². The van der Waals surface area contributed by atoms with Gasteiger partial charge in [-0.05, 0) is 40.6 Å². The second kappa shape index (κ2) is 3.61. The molecule has 2 rings (SSSR count). The minimum Gasteiger partial charge on any atom is -0.276 e. The van der Waals surface area contributed by atoms with E-state index in [1.54, 1.807) is 19.2 Å². The summed E-state index contributed by atoms with van der Waals surface area (Å²) in [6.45, 7) is 2.18. The molecule has 72 valence electrons. The van der Waals surface area contributed by atoms with E-state index in [-0.39, 0.29) is 5.83 Å². The van der Waals surface area contributed by atoms with Gasteiger partial charge in [0.25, 0.3) is 0 Å². The summed E-state index contributed by atoms with van der Waals surface area (Å²) < 4.78 is 14.3. The first-order chi connectivity index (χ1) is 6.68. The average Bonchev–Trinajstić information content (AvgIpc) is 2.50. The van der Waals surface area contributed by atoms with E-state index in [0.717, 1.165) is 4.47 Å². The lowest BCUT2D eigenvalue weighted by Crippen LogP contribution is -2.01. The highest BCUT2D eigenvalue weighted by atomic mass is 79.9. The van der Waals surface area contributed by atoms with Gasteiger partial charge >= 0.3 is 0 Å². The van der Waals surface area contributed by atoms with Crippen molar-refractivity contribution in [1.82, 2.24) is 4.98 Å². The minimum atomic E-state index is -0.236. The van der Waals surface area contributed by atoms with Crippen molar-refractivity contribution in [1.29, 1.82) is 0 Å². The Morgan fingerprint density at radius 3 is 2.71 bits per heavy atom. The molecule has 1 aromatic rings. The zero-order chi connectivity index (χ0) is 10.1. The van der Waals surface area contributed by atoms with E-state index < -0.39 is 0 Å². The first-order valence-corrected chi connectivity index (χ1v) is 5.00. The Morgan fingerprint density at radius 1 is 1.43 bits per heavy atom. The molecular formula is C10H8BrFN2. The topological polar surface area (TPSA) is 25.2 Å². The summed E-state index contributed by atoms with van der Waals surface area (Å²) in [6.07, 6.45) is 1.64. The average molecular weight is 255 g/mol. The first-order valence-electron chi connectivity index (χ1n) is 4.20. The molecule has 0 radical (unpaired) electrons. The summed E-state index contributed by atoms with van der Waals surface area (Å²) in [5, 5.41) is 0. The third kappa shape index (κ3) is 1.62. The van der Waals surface area contributed by atoms with Crippen LogP contribution in [0.1, 0.15) is 12.6 Å². The van der Waals surface area contributed by atoms with Crippen molar-refractivity contribution in [2.75, 3.05) is 6.54 Å². The fourth-order valence-electron chi connectivity index (χ4n) is 1.25. The predicted octanol–water partition coefficient (Wildman–Crippen LogP) is 2.89. The van der Waals surface area contributed by atoms with Crippen LogP contribution in [-0.4, -0.2) is 17.2 Å². The molecule has 4 heteroatoms. The van der Waals surface area contributed by atoms with Gasteiger partial charge in [-0.2, -0.15) is 0 Å². The Kier molecular flexibility index (Phi) is 2.46. The zero-order valence-electron chi connectivity index (χ0n) is 7.59. The lowest BCUT2D eigenvalue weighted by Gasteiger charge is -1.99. The van der Waals surface area contributed by atoms with Crippen LogP contribution >= 0.6 is 15.9 Å². The maximum absolute atomic E-state index is 13.5. The summed E-state index contributed by atoms with van der Waals surface area (Å²) in [7, 11) is 0. The largest absolute Gasteiger partial charge is 0.276 e. The molecule has 0 bridgehead atoms. The van der Waals surface area contributed by atoms with Crippen LogP contribution in [0.3, 0.4) is 0 Å². The van der Waals surface area contributed by atoms with Gasteiger partial charge in [-0.15, -0.1) is 0 Å². The van der Waals surface area contributed by atoms with Crippen LogP contribution < -0.4 is 0 Å². The van der Waals surface area contributed by atoms with Crippen molar-refractivity contribution in [2.24, 2.45) is 4.99 Å². The molecule has 0 aromatic carbocycles. The third-order valence-corrected chi connectivity index (χ3v) is 2.50. The second-order valence-electron chi connectivity index (χ2n) is 3.12. The molecular weight excluding hydrogens is 247 g/mol. The highest BCUT2D eigenvalue weighted by molar-refractivity contribution is 9.10. The van der Waals surface area contributed by atoms with Gasteiger partial charge in [0.05, 0.1) is 12.2 Å². The number of allylic oxidation sites excluding steroid dienone is 1. The Balaban J connectivity index is 2.38. The van der Waals surface area contributed by atoms with E-state index in [1.165, 1.54) is 0 Å². The van der Waals surface area contributed by atoms with Crippen molar-refractivity contribution in [3.63, 3.8) is 0 Å². The van der Waals surface area contributed by atoms with Gasteiger partial charge in [-0.1, -0.05) is 0 Å². The smallest absolute Gasteiger partial charge is 0.151 e. The predicted molar refractivity (Wildman–Crippen MR) is 57.1 cm³/mol. The van der Waals surface area contributed by atoms with Gasteiger partial charge in [0, 0.05) is 10.7 Å². The molecule has 0 spiro atoms. The number of halogens is 2. The van der Waals surface area contributed by atoms with Gasteiger partial charge in [0.15, 0.2) is 5.83 Å². The van der Waals surface area contributed by atoms with Gasteiger partial charge in [0.1, 0.15) is 5.71 Å². The molecule has 1 aromatic heterocycles.